The van der Waals surface area contributed by atoms with Gasteiger partial charge in [-0.1, -0.05) is 18.2 Å². The third kappa shape index (κ3) is 2.69. The van der Waals surface area contributed by atoms with E-state index in [0.717, 1.165) is 0 Å². The number of hydrogen-bond donors (Lipinski definition) is 3. The zero-order valence-electron chi connectivity index (χ0n) is 11.1. The molecule has 0 fully saturated rings. The van der Waals surface area contributed by atoms with E-state index in [-0.39, 0.29) is 17.9 Å². The van der Waals surface area contributed by atoms with Gasteiger partial charge >= 0.3 is 0 Å². The van der Waals surface area contributed by atoms with Crippen LogP contribution in [0.2, 0.25) is 0 Å². The average Bonchev–Trinajstić information content (AvgIpc) is 2.47. The first-order chi connectivity index (χ1) is 10.1. The number of nitrogens with one attached hydrogen (secondary N) is 2. The topological polar surface area (TPSA) is 83.8 Å². The van der Waals surface area contributed by atoms with Crippen LogP contribution in [0.1, 0.15) is 5.56 Å². The molecule has 3 rings (SSSR count). The second-order valence-electron chi connectivity index (χ2n) is 4.64. The minimum absolute atomic E-state index is 0.232. The Labute approximate surface area is 119 Å². The molecule has 6 heteroatoms. The van der Waals surface area contributed by atoms with E-state index < -0.39 is 0 Å². The third-order valence-electron chi connectivity index (χ3n) is 3.13. The highest BCUT2D eigenvalue weighted by atomic mass is 19.1. The second-order valence-corrected chi connectivity index (χ2v) is 4.64. The van der Waals surface area contributed by atoms with Gasteiger partial charge < -0.3 is 11.1 Å². The highest BCUT2D eigenvalue weighted by Crippen LogP contribution is 2.13. The van der Waals surface area contributed by atoms with Crippen LogP contribution >= 0.6 is 0 Å². The molecule has 0 bridgehead atoms. The van der Waals surface area contributed by atoms with Gasteiger partial charge in [0.25, 0.3) is 5.56 Å². The first-order valence-corrected chi connectivity index (χ1v) is 6.40. The predicted octanol–water partition coefficient (Wildman–Crippen LogP) is 2.26. The molecule has 106 valence electrons. The summed E-state index contributed by atoms with van der Waals surface area (Å²) >= 11 is 0. The first kappa shape index (κ1) is 13.1. The number of anilines is 2. The van der Waals surface area contributed by atoms with E-state index in [2.05, 4.69) is 15.3 Å². The van der Waals surface area contributed by atoms with Gasteiger partial charge in [-0.2, -0.15) is 0 Å². The van der Waals surface area contributed by atoms with Crippen molar-refractivity contribution in [1.82, 2.24) is 9.97 Å². The van der Waals surface area contributed by atoms with Gasteiger partial charge in [0.2, 0.25) is 5.95 Å². The second kappa shape index (κ2) is 5.24. The van der Waals surface area contributed by atoms with Crippen molar-refractivity contribution in [1.29, 1.82) is 0 Å². The Kier molecular flexibility index (Phi) is 3.27. The lowest BCUT2D eigenvalue weighted by molar-refractivity contribution is 0.612. The molecule has 4 N–H and O–H groups in total. The van der Waals surface area contributed by atoms with Crippen molar-refractivity contribution >= 4 is 22.5 Å². The highest BCUT2D eigenvalue weighted by molar-refractivity contribution is 5.81. The molecule has 0 saturated heterocycles. The molecular formula is C15H13FN4O. The van der Waals surface area contributed by atoms with Gasteiger partial charge in [-0.25, -0.2) is 9.37 Å². The van der Waals surface area contributed by atoms with Gasteiger partial charge in [0.15, 0.2) is 0 Å². The largest absolute Gasteiger partial charge is 0.399 e. The fraction of sp³-hybridized carbons (Fsp3) is 0.0667. The van der Waals surface area contributed by atoms with Crippen molar-refractivity contribution in [3.8, 4) is 0 Å². The van der Waals surface area contributed by atoms with Crippen molar-refractivity contribution in [2.24, 2.45) is 0 Å². The van der Waals surface area contributed by atoms with E-state index in [1.54, 1.807) is 36.4 Å². The summed E-state index contributed by atoms with van der Waals surface area (Å²) in [6.45, 7) is 0.232. The smallest absolute Gasteiger partial charge is 0.260 e. The number of nitrogens with zero attached hydrogens (tertiary/aromatic N) is 1. The van der Waals surface area contributed by atoms with Crippen LogP contribution in [0, 0.1) is 5.82 Å². The van der Waals surface area contributed by atoms with Crippen molar-refractivity contribution < 1.29 is 4.39 Å². The molecule has 0 saturated carbocycles. The maximum Gasteiger partial charge on any atom is 0.260 e. The average molecular weight is 284 g/mol. The number of halogens is 1. The normalized spacial score (nSPS) is 10.7. The summed E-state index contributed by atoms with van der Waals surface area (Å²) in [5.41, 5.74) is 6.89. The zero-order chi connectivity index (χ0) is 14.8. The molecule has 0 atom stereocenters. The Bertz CT molecular complexity index is 860. The number of nitrogens with two attached hydrogens (primary N) is 1. The van der Waals surface area contributed by atoms with Gasteiger partial charge in [0.1, 0.15) is 5.82 Å². The number of nitrogen functional groups attached to an aromatic ring is 1. The van der Waals surface area contributed by atoms with Gasteiger partial charge in [-0.15, -0.1) is 0 Å². The van der Waals surface area contributed by atoms with E-state index in [9.17, 15) is 9.18 Å². The molecule has 2 aromatic carbocycles. The predicted molar refractivity (Wildman–Crippen MR) is 80.5 cm³/mol. The van der Waals surface area contributed by atoms with E-state index in [1.165, 1.54) is 6.07 Å². The summed E-state index contributed by atoms with van der Waals surface area (Å²) in [5, 5.41) is 3.33. The summed E-state index contributed by atoms with van der Waals surface area (Å²) in [4.78, 5) is 18.9. The lowest BCUT2D eigenvalue weighted by Gasteiger charge is -2.07. The fourth-order valence-electron chi connectivity index (χ4n) is 2.06. The van der Waals surface area contributed by atoms with Crippen molar-refractivity contribution in [2.75, 3.05) is 11.1 Å². The molecule has 1 heterocycles. The Morgan fingerprint density at radius 1 is 1.24 bits per heavy atom. The highest BCUT2D eigenvalue weighted by Gasteiger charge is 2.05. The Balaban J connectivity index is 1.90. The molecular weight excluding hydrogens is 271 g/mol. The molecule has 0 aliphatic rings. The number of benzene rings is 2. The van der Waals surface area contributed by atoms with E-state index in [0.29, 0.717) is 28.1 Å². The number of hydrogen-bond acceptors (Lipinski definition) is 4. The van der Waals surface area contributed by atoms with Crippen LogP contribution in [0.4, 0.5) is 16.0 Å². The molecule has 0 aliphatic carbocycles. The minimum atomic E-state index is -0.305. The summed E-state index contributed by atoms with van der Waals surface area (Å²) in [7, 11) is 0. The molecule has 0 radical (unpaired) electrons. The fourth-order valence-corrected chi connectivity index (χ4v) is 2.06. The van der Waals surface area contributed by atoms with E-state index in [1.807, 2.05) is 0 Å². The van der Waals surface area contributed by atoms with Gasteiger partial charge in [-0.05, 0) is 24.3 Å². The zero-order valence-corrected chi connectivity index (χ0v) is 11.1. The third-order valence-corrected chi connectivity index (χ3v) is 3.13. The van der Waals surface area contributed by atoms with Crippen LogP contribution in [-0.4, -0.2) is 9.97 Å². The van der Waals surface area contributed by atoms with Crippen LogP contribution in [0.15, 0.2) is 47.3 Å². The minimum Gasteiger partial charge on any atom is -0.399 e. The maximum absolute atomic E-state index is 13.5. The number of aromatic amines is 1. The lowest BCUT2D eigenvalue weighted by Crippen LogP contribution is -2.13. The number of aromatic nitrogens is 2. The van der Waals surface area contributed by atoms with Crippen LogP contribution < -0.4 is 16.6 Å². The van der Waals surface area contributed by atoms with Crippen LogP contribution in [0.5, 0.6) is 0 Å². The lowest BCUT2D eigenvalue weighted by atomic mass is 10.2. The maximum atomic E-state index is 13.5. The van der Waals surface area contributed by atoms with Crippen molar-refractivity contribution in [2.45, 2.75) is 6.54 Å². The molecule has 21 heavy (non-hydrogen) atoms. The Morgan fingerprint density at radius 3 is 2.86 bits per heavy atom. The van der Waals surface area contributed by atoms with Crippen molar-refractivity contribution in [3.05, 3.63) is 64.2 Å². The standard InChI is InChI=1S/C15H13FN4O/c16-12-4-2-1-3-9(12)8-18-15-19-13-6-5-10(17)7-11(13)14(21)20-15/h1-7H,8,17H2,(H2,18,19,20,21). The molecule has 5 nitrogen and oxygen atoms in total. The van der Waals surface area contributed by atoms with Gasteiger partial charge in [0, 0.05) is 17.8 Å². The Morgan fingerprint density at radius 2 is 2.05 bits per heavy atom. The van der Waals surface area contributed by atoms with E-state index in [4.69, 9.17) is 5.73 Å². The molecule has 1 aromatic heterocycles. The Hall–Kier alpha value is -2.89. The molecule has 0 aliphatic heterocycles. The van der Waals surface area contributed by atoms with Crippen LogP contribution in [0.25, 0.3) is 10.9 Å². The summed E-state index contributed by atoms with van der Waals surface area (Å²) in [6, 6.07) is 11.3. The summed E-state index contributed by atoms with van der Waals surface area (Å²) in [6.07, 6.45) is 0. The number of fused-ring (bicyclic) bond motifs is 1. The first-order valence-electron chi connectivity index (χ1n) is 6.40. The quantitative estimate of drug-likeness (QED) is 0.644. The monoisotopic (exact) mass is 284 g/mol. The number of rotatable bonds is 3. The summed E-state index contributed by atoms with van der Waals surface area (Å²) < 4.78 is 13.5. The van der Waals surface area contributed by atoms with Gasteiger partial charge in [0.05, 0.1) is 10.9 Å². The van der Waals surface area contributed by atoms with Crippen LogP contribution in [-0.2, 0) is 6.54 Å². The number of H-pyrrole nitrogens is 1. The molecule has 3 aromatic rings. The molecule has 0 spiro atoms. The molecule has 0 unspecified atom stereocenters. The van der Waals surface area contributed by atoms with Crippen LogP contribution in [0.3, 0.4) is 0 Å². The molecule has 0 amide bonds. The van der Waals surface area contributed by atoms with E-state index >= 15 is 0 Å². The summed E-state index contributed by atoms with van der Waals surface area (Å²) in [5.74, 6) is -0.0126. The SMILES string of the molecule is Nc1ccc2nc(NCc3ccccc3F)[nH]c(=O)c2c1. The van der Waals surface area contributed by atoms with Crippen molar-refractivity contribution in [3.63, 3.8) is 0 Å². The van der Waals surface area contributed by atoms with Gasteiger partial charge in [-0.3, -0.25) is 9.78 Å².